The maximum absolute atomic E-state index is 14.4. The number of likely N-dealkylation sites (tertiary alicyclic amines) is 1. The number of fused-ring (bicyclic) bond motifs is 3. The number of alkyl halides is 3. The van der Waals surface area contributed by atoms with Crippen LogP contribution >= 0.6 is 0 Å². The Morgan fingerprint density at radius 3 is 2.59 bits per heavy atom. The number of carbonyl (C=O) groups excluding carboxylic acids is 2. The molecule has 2 aliphatic carbocycles. The van der Waals surface area contributed by atoms with E-state index in [1.54, 1.807) is 4.68 Å². The van der Waals surface area contributed by atoms with E-state index in [-0.39, 0.29) is 59.2 Å². The summed E-state index contributed by atoms with van der Waals surface area (Å²) < 4.78 is 56.1. The summed E-state index contributed by atoms with van der Waals surface area (Å²) in [5.74, 6) is -1.02. The third-order valence-corrected chi connectivity index (χ3v) is 8.90. The molecule has 4 aliphatic rings. The summed E-state index contributed by atoms with van der Waals surface area (Å²) in [7, 11) is 0. The average Bonchev–Trinajstić information content (AvgIpc) is 3.28. The summed E-state index contributed by atoms with van der Waals surface area (Å²) in [5.41, 5.74) is -0.375. The fourth-order valence-corrected chi connectivity index (χ4v) is 6.23. The lowest BCUT2D eigenvalue weighted by Gasteiger charge is -2.33. The molecule has 1 N–H and O–H groups in total. The molecule has 2 saturated heterocycles. The lowest BCUT2D eigenvalue weighted by molar-refractivity contribution is -0.138. The van der Waals surface area contributed by atoms with E-state index in [0.29, 0.717) is 26.2 Å². The van der Waals surface area contributed by atoms with Crippen molar-refractivity contribution in [2.75, 3.05) is 26.2 Å². The second kappa shape index (κ2) is 9.67. The Kier molecular flexibility index (Phi) is 6.55. The Morgan fingerprint density at radius 1 is 1.21 bits per heavy atom. The smallest absolute Gasteiger partial charge is 0.420 e. The number of hydrogen-bond donors (Lipinski definition) is 1. The highest BCUT2D eigenvalue weighted by molar-refractivity contribution is 5.96. The number of aromatic nitrogens is 2. The molecule has 0 spiro atoms. The van der Waals surface area contributed by atoms with Gasteiger partial charge in [0.15, 0.2) is 0 Å². The molecule has 2 aliphatic heterocycles. The van der Waals surface area contributed by atoms with Gasteiger partial charge >= 0.3 is 6.18 Å². The average molecular weight is 549 g/mol. The third-order valence-electron chi connectivity index (χ3n) is 8.90. The molecule has 2 amide bonds. The van der Waals surface area contributed by atoms with E-state index in [2.05, 4.69) is 10.4 Å². The number of ether oxygens (including phenoxy) is 1. The van der Waals surface area contributed by atoms with Crippen molar-refractivity contribution in [3.05, 3.63) is 28.8 Å². The monoisotopic (exact) mass is 548 g/mol. The van der Waals surface area contributed by atoms with Gasteiger partial charge in [-0.3, -0.25) is 14.3 Å². The number of hydrogen-bond acceptors (Lipinski definition) is 5. The molecule has 0 aromatic carbocycles. The van der Waals surface area contributed by atoms with Crippen LogP contribution in [0.2, 0.25) is 0 Å². The van der Waals surface area contributed by atoms with Gasteiger partial charge in [-0.25, -0.2) is 0 Å². The lowest BCUT2D eigenvalue weighted by Crippen LogP contribution is -2.42. The second-order valence-electron chi connectivity index (χ2n) is 12.0. The summed E-state index contributed by atoms with van der Waals surface area (Å²) in [6.45, 7) is 6.65. The summed E-state index contributed by atoms with van der Waals surface area (Å²) in [4.78, 5) is 27.5. The predicted molar refractivity (Wildman–Crippen MR) is 135 cm³/mol. The van der Waals surface area contributed by atoms with Crippen LogP contribution in [0.3, 0.4) is 0 Å². The molecule has 0 bridgehead atoms. The molecule has 2 aromatic rings. The minimum atomic E-state index is -4.78. The minimum absolute atomic E-state index is 0.102. The predicted octanol–water partition coefficient (Wildman–Crippen LogP) is 4.77. The zero-order valence-electron chi connectivity index (χ0n) is 22.4. The number of amides is 2. The summed E-state index contributed by atoms with van der Waals surface area (Å²) in [6.07, 6.45) is 2.32. The van der Waals surface area contributed by atoms with Crippen molar-refractivity contribution in [2.45, 2.75) is 83.5 Å². The molecule has 39 heavy (non-hydrogen) atoms. The van der Waals surface area contributed by atoms with Crippen LogP contribution in [0.15, 0.2) is 10.6 Å². The Hall–Kier alpha value is -2.82. The molecule has 2 atom stereocenters. The second-order valence-corrected chi connectivity index (χ2v) is 12.0. The van der Waals surface area contributed by atoms with E-state index in [0.717, 1.165) is 44.1 Å². The molecule has 1 saturated carbocycles. The molecular weight excluding hydrogens is 513 g/mol. The van der Waals surface area contributed by atoms with Gasteiger partial charge in [-0.05, 0) is 50.4 Å². The van der Waals surface area contributed by atoms with Gasteiger partial charge in [0.2, 0.25) is 11.7 Å². The number of nitrogens with zero attached hydrogens (tertiary/aromatic N) is 3. The van der Waals surface area contributed by atoms with Crippen LogP contribution in [0, 0.1) is 11.3 Å². The molecule has 8 nitrogen and oxygen atoms in total. The Bertz CT molecular complexity index is 1260. The van der Waals surface area contributed by atoms with Crippen molar-refractivity contribution < 1.29 is 31.9 Å². The maximum Gasteiger partial charge on any atom is 0.420 e. The normalized spacial score (nSPS) is 24.4. The van der Waals surface area contributed by atoms with Crippen LogP contribution < -0.4 is 5.32 Å². The largest absolute Gasteiger partial charge is 0.455 e. The van der Waals surface area contributed by atoms with Gasteiger partial charge < -0.3 is 19.4 Å². The van der Waals surface area contributed by atoms with Crippen LogP contribution in [0.5, 0.6) is 0 Å². The van der Waals surface area contributed by atoms with Gasteiger partial charge in [0, 0.05) is 56.4 Å². The van der Waals surface area contributed by atoms with E-state index in [1.165, 1.54) is 0 Å². The molecule has 4 heterocycles. The van der Waals surface area contributed by atoms with Crippen molar-refractivity contribution in [3.8, 4) is 11.3 Å². The van der Waals surface area contributed by atoms with E-state index < -0.39 is 23.4 Å². The first-order chi connectivity index (χ1) is 18.5. The van der Waals surface area contributed by atoms with Gasteiger partial charge in [0.05, 0.1) is 17.4 Å². The van der Waals surface area contributed by atoms with E-state index in [4.69, 9.17) is 9.15 Å². The van der Waals surface area contributed by atoms with Gasteiger partial charge in [0.1, 0.15) is 11.3 Å². The van der Waals surface area contributed by atoms with E-state index >= 15 is 0 Å². The van der Waals surface area contributed by atoms with Gasteiger partial charge in [-0.15, -0.1) is 0 Å². The molecule has 6 rings (SSSR count). The van der Waals surface area contributed by atoms with Crippen LogP contribution in [-0.4, -0.2) is 58.8 Å². The van der Waals surface area contributed by atoms with Gasteiger partial charge in [0.25, 0.3) is 5.91 Å². The van der Waals surface area contributed by atoms with Crippen molar-refractivity contribution in [3.63, 3.8) is 0 Å². The molecule has 11 heteroatoms. The van der Waals surface area contributed by atoms with Crippen molar-refractivity contribution >= 4 is 11.8 Å². The van der Waals surface area contributed by atoms with Crippen LogP contribution in [-0.2, 0) is 28.7 Å². The van der Waals surface area contributed by atoms with Crippen LogP contribution in [0.25, 0.3) is 11.3 Å². The molecular formula is C28H35F3N4O4. The first kappa shape index (κ1) is 26.4. The Morgan fingerprint density at radius 2 is 1.95 bits per heavy atom. The Balaban J connectivity index is 1.22. The van der Waals surface area contributed by atoms with Crippen molar-refractivity contribution in [1.82, 2.24) is 20.0 Å². The highest BCUT2D eigenvalue weighted by Crippen LogP contribution is 2.49. The fraction of sp³-hybridized carbons (Fsp3) is 0.679. The molecule has 1 unspecified atom stereocenters. The van der Waals surface area contributed by atoms with Crippen molar-refractivity contribution in [2.24, 2.45) is 11.3 Å². The number of nitrogens with one attached hydrogen (secondary N) is 1. The van der Waals surface area contributed by atoms with Gasteiger partial charge in [-0.2, -0.15) is 18.3 Å². The van der Waals surface area contributed by atoms with Crippen LogP contribution in [0.4, 0.5) is 13.2 Å². The molecule has 0 radical (unpaired) electrons. The van der Waals surface area contributed by atoms with E-state index in [9.17, 15) is 22.8 Å². The fourth-order valence-electron chi connectivity index (χ4n) is 6.23. The van der Waals surface area contributed by atoms with E-state index in [1.807, 2.05) is 24.9 Å². The van der Waals surface area contributed by atoms with Gasteiger partial charge in [-0.1, -0.05) is 13.8 Å². The number of halogens is 3. The number of rotatable bonds is 6. The SMILES string of the molecule is CC1Cc2oc(C(=O)NC[C@@H]3CCCO3)c(C(F)(F)F)c2-c2nn(CC3CCN(C(=O)C4(C)CC4)CC3)cc21. The number of piperidine rings is 1. The zero-order valence-corrected chi connectivity index (χ0v) is 22.4. The number of furan rings is 1. The molecule has 2 aromatic heterocycles. The topological polar surface area (TPSA) is 89.6 Å². The summed E-state index contributed by atoms with van der Waals surface area (Å²) in [5, 5.41) is 7.19. The maximum atomic E-state index is 14.4. The van der Waals surface area contributed by atoms with Crippen LogP contribution in [0.1, 0.15) is 85.7 Å². The Labute approximate surface area is 225 Å². The molecule has 3 fully saturated rings. The summed E-state index contributed by atoms with van der Waals surface area (Å²) >= 11 is 0. The quantitative estimate of drug-likeness (QED) is 0.562. The minimum Gasteiger partial charge on any atom is -0.455 e. The highest BCUT2D eigenvalue weighted by atomic mass is 19.4. The van der Waals surface area contributed by atoms with Crippen molar-refractivity contribution in [1.29, 1.82) is 0 Å². The highest BCUT2D eigenvalue weighted by Gasteiger charge is 2.48. The lowest BCUT2D eigenvalue weighted by atomic mass is 9.86. The summed E-state index contributed by atoms with van der Waals surface area (Å²) in [6, 6.07) is 0. The zero-order chi connectivity index (χ0) is 27.5. The number of carbonyl (C=O) groups is 2. The third kappa shape index (κ3) is 4.98. The first-order valence-electron chi connectivity index (χ1n) is 14.0. The standard InChI is InChI=1S/C28H35F3N4O4/c1-16-12-20-21(22(28(29,30)31)24(39-20)25(36)32-13-18-4-3-11-38-18)23-19(16)15-35(33-23)14-17-5-9-34(10-6-17)26(37)27(2)7-8-27/h15-18H,3-14H2,1-2H3,(H,32,36)/t16?,18-/m0/s1. The first-order valence-corrected chi connectivity index (χ1v) is 14.0. The molecule has 212 valence electrons.